The Kier molecular flexibility index (Phi) is 0.745. The van der Waals surface area contributed by atoms with Crippen molar-refractivity contribution in [2.75, 3.05) is 0 Å². The van der Waals surface area contributed by atoms with Gasteiger partial charge in [0.15, 0.2) is 5.65 Å². The van der Waals surface area contributed by atoms with Gasteiger partial charge in [-0.1, -0.05) is 0 Å². The average Bonchev–Trinajstić information content (AvgIpc) is 2.33. The summed E-state index contributed by atoms with van der Waals surface area (Å²) < 4.78 is 0. The Bertz CT molecular complexity index is 283. The van der Waals surface area contributed by atoms with E-state index in [9.17, 15) is 0 Å². The van der Waals surface area contributed by atoms with E-state index in [1.807, 2.05) is 6.07 Å². The van der Waals surface area contributed by atoms with Crippen molar-refractivity contribution in [3.63, 3.8) is 0 Å². The van der Waals surface area contributed by atoms with Crippen molar-refractivity contribution in [2.45, 2.75) is 0 Å². The average molecular weight is 120 g/mol. The van der Waals surface area contributed by atoms with Crippen LogP contribution in [0.15, 0.2) is 18.5 Å². The molecule has 2 heterocycles. The van der Waals surface area contributed by atoms with Crippen LogP contribution >= 0.6 is 0 Å². The van der Waals surface area contributed by atoms with Gasteiger partial charge in [-0.15, -0.1) is 5.10 Å². The molecular formula is C5H4N4. The Hall–Kier alpha value is -1.45. The van der Waals surface area contributed by atoms with Gasteiger partial charge in [0.2, 0.25) is 0 Å². The van der Waals surface area contributed by atoms with Crippen molar-refractivity contribution in [1.29, 1.82) is 0 Å². The summed E-state index contributed by atoms with van der Waals surface area (Å²) in [5, 5.41) is 14.9. The zero-order valence-electron chi connectivity index (χ0n) is 4.57. The van der Waals surface area contributed by atoms with Crippen LogP contribution in [-0.4, -0.2) is 20.4 Å². The number of rotatable bonds is 0. The van der Waals surface area contributed by atoms with Crippen LogP contribution in [0.5, 0.6) is 0 Å². The van der Waals surface area contributed by atoms with Gasteiger partial charge >= 0.3 is 0 Å². The number of fused-ring (bicyclic) bond motifs is 1. The summed E-state index contributed by atoms with van der Waals surface area (Å²) in [6.45, 7) is 0. The van der Waals surface area contributed by atoms with Crippen LogP contribution in [-0.2, 0) is 0 Å². The van der Waals surface area contributed by atoms with Crippen LogP contribution in [0.1, 0.15) is 0 Å². The summed E-state index contributed by atoms with van der Waals surface area (Å²) in [5.74, 6) is 0. The van der Waals surface area contributed by atoms with Gasteiger partial charge in [-0.25, -0.2) is 0 Å². The highest BCUT2D eigenvalue weighted by Crippen LogP contribution is 2.01. The van der Waals surface area contributed by atoms with E-state index in [-0.39, 0.29) is 0 Å². The minimum absolute atomic E-state index is 0.734. The number of hydrogen-bond donors (Lipinski definition) is 1. The molecule has 4 nitrogen and oxygen atoms in total. The summed E-state index contributed by atoms with van der Waals surface area (Å²) >= 11 is 0. The third-order valence-electron chi connectivity index (χ3n) is 1.13. The highest BCUT2D eigenvalue weighted by atomic mass is 15.2. The molecule has 4 heteroatoms. The summed E-state index contributed by atoms with van der Waals surface area (Å²) in [4.78, 5) is 0. The molecule has 0 bridgehead atoms. The Morgan fingerprint density at radius 2 is 2.44 bits per heavy atom. The fourth-order valence-electron chi connectivity index (χ4n) is 0.695. The number of aromatic amines is 1. The maximum Gasteiger partial charge on any atom is 0.177 e. The minimum atomic E-state index is 0.734. The monoisotopic (exact) mass is 120 g/mol. The lowest BCUT2D eigenvalue weighted by Crippen LogP contribution is -1.78. The second kappa shape index (κ2) is 1.51. The normalized spacial score (nSPS) is 10.2. The second-order valence-electron chi connectivity index (χ2n) is 1.71. The van der Waals surface area contributed by atoms with E-state index in [2.05, 4.69) is 20.4 Å². The molecule has 0 amide bonds. The molecule has 0 unspecified atom stereocenters. The Morgan fingerprint density at radius 1 is 1.44 bits per heavy atom. The van der Waals surface area contributed by atoms with Gasteiger partial charge in [-0.3, -0.25) is 5.10 Å². The molecular weight excluding hydrogens is 116 g/mol. The van der Waals surface area contributed by atoms with Gasteiger partial charge in [0.25, 0.3) is 0 Å². The quantitative estimate of drug-likeness (QED) is 0.545. The molecule has 2 aromatic heterocycles. The second-order valence-corrected chi connectivity index (χ2v) is 1.71. The van der Waals surface area contributed by atoms with Crippen LogP contribution in [0.2, 0.25) is 0 Å². The third kappa shape index (κ3) is 0.561. The summed E-state index contributed by atoms with van der Waals surface area (Å²) in [7, 11) is 0. The molecule has 1 N–H and O–H groups in total. The molecule has 2 aromatic rings. The Labute approximate surface area is 50.9 Å². The van der Waals surface area contributed by atoms with E-state index in [4.69, 9.17) is 0 Å². The summed E-state index contributed by atoms with van der Waals surface area (Å²) in [5.41, 5.74) is 0.734. The predicted molar refractivity (Wildman–Crippen MR) is 31.7 cm³/mol. The van der Waals surface area contributed by atoms with Gasteiger partial charge < -0.3 is 0 Å². The lowest BCUT2D eigenvalue weighted by Gasteiger charge is -1.79. The van der Waals surface area contributed by atoms with Crippen molar-refractivity contribution >= 4 is 11.0 Å². The van der Waals surface area contributed by atoms with Crippen LogP contribution < -0.4 is 0 Å². The van der Waals surface area contributed by atoms with E-state index in [1.165, 1.54) is 0 Å². The van der Waals surface area contributed by atoms with Crippen molar-refractivity contribution in [3.8, 4) is 0 Å². The fourth-order valence-corrected chi connectivity index (χ4v) is 0.695. The summed E-state index contributed by atoms with van der Waals surface area (Å²) in [6.07, 6.45) is 3.35. The van der Waals surface area contributed by atoms with Crippen LogP contribution in [0.25, 0.3) is 11.0 Å². The third-order valence-corrected chi connectivity index (χ3v) is 1.13. The van der Waals surface area contributed by atoms with E-state index >= 15 is 0 Å². The first kappa shape index (κ1) is 4.43. The lowest BCUT2D eigenvalue weighted by atomic mass is 10.4. The molecule has 0 fully saturated rings. The van der Waals surface area contributed by atoms with E-state index in [1.54, 1.807) is 12.4 Å². The predicted octanol–water partition coefficient (Wildman–Crippen LogP) is 0.353. The highest BCUT2D eigenvalue weighted by Gasteiger charge is 1.91. The largest absolute Gasteiger partial charge is 0.259 e. The van der Waals surface area contributed by atoms with E-state index in [0.29, 0.717) is 0 Å². The van der Waals surface area contributed by atoms with Crippen LogP contribution in [0.3, 0.4) is 0 Å². The van der Waals surface area contributed by atoms with Gasteiger partial charge in [0, 0.05) is 5.39 Å². The first-order valence-electron chi connectivity index (χ1n) is 2.57. The molecule has 0 saturated heterocycles. The molecule has 2 rings (SSSR count). The smallest absolute Gasteiger partial charge is 0.177 e. The van der Waals surface area contributed by atoms with E-state index < -0.39 is 0 Å². The fraction of sp³-hybridized carbons (Fsp3) is 0. The van der Waals surface area contributed by atoms with Crippen molar-refractivity contribution in [3.05, 3.63) is 18.5 Å². The molecule has 0 aliphatic carbocycles. The molecule has 0 aromatic carbocycles. The molecule has 0 spiro atoms. The van der Waals surface area contributed by atoms with Gasteiger partial charge in [0.1, 0.15) is 0 Å². The van der Waals surface area contributed by atoms with Gasteiger partial charge in [-0.2, -0.15) is 10.2 Å². The van der Waals surface area contributed by atoms with E-state index in [0.717, 1.165) is 11.0 Å². The number of H-pyrrole nitrogens is 1. The molecule has 44 valence electrons. The first-order valence-corrected chi connectivity index (χ1v) is 2.57. The lowest BCUT2D eigenvalue weighted by molar-refractivity contribution is 1.02. The summed E-state index contributed by atoms with van der Waals surface area (Å²) in [6, 6.07) is 1.85. The number of nitrogens with zero attached hydrogens (tertiary/aromatic N) is 3. The number of nitrogens with one attached hydrogen (secondary N) is 1. The zero-order chi connectivity index (χ0) is 6.10. The maximum absolute atomic E-state index is 3.77. The molecule has 0 aliphatic heterocycles. The van der Waals surface area contributed by atoms with Crippen molar-refractivity contribution in [1.82, 2.24) is 20.4 Å². The molecule has 0 aliphatic rings. The first-order chi connectivity index (χ1) is 4.47. The SMILES string of the molecule is c1cc2cn[nH]c2nn1. The molecule has 0 saturated carbocycles. The standard InChI is InChI=1S/C5H4N4/c1-2-6-8-5-4(1)3-7-9-5/h1-3H,(H,7,8,9). The van der Waals surface area contributed by atoms with Gasteiger partial charge in [0.05, 0.1) is 12.4 Å². The van der Waals surface area contributed by atoms with Crippen molar-refractivity contribution in [2.24, 2.45) is 0 Å². The number of hydrogen-bond acceptors (Lipinski definition) is 3. The Balaban J connectivity index is 2.95. The number of aromatic nitrogens is 4. The maximum atomic E-state index is 3.77. The van der Waals surface area contributed by atoms with Gasteiger partial charge in [-0.05, 0) is 6.07 Å². The highest BCUT2D eigenvalue weighted by molar-refractivity contribution is 5.72. The minimum Gasteiger partial charge on any atom is -0.259 e. The molecule has 9 heavy (non-hydrogen) atoms. The van der Waals surface area contributed by atoms with Crippen molar-refractivity contribution < 1.29 is 0 Å². The van der Waals surface area contributed by atoms with Crippen LogP contribution in [0, 0.1) is 0 Å². The Morgan fingerprint density at radius 3 is 3.33 bits per heavy atom. The topological polar surface area (TPSA) is 54.5 Å². The van der Waals surface area contributed by atoms with Crippen LogP contribution in [0.4, 0.5) is 0 Å². The zero-order valence-corrected chi connectivity index (χ0v) is 4.57. The molecule has 0 atom stereocenters. The molecule has 0 radical (unpaired) electrons.